The molecule has 0 atom stereocenters. The number of carboxylic acid groups (broad SMARTS) is 1. The van der Waals surface area contributed by atoms with Gasteiger partial charge in [0.05, 0.1) is 11.1 Å². The second kappa shape index (κ2) is 6.09. The SMILES string of the molecule is CNc1ccccc1C(=O)Nc1cc(C(=O)O)ccc1C. The van der Waals surface area contributed by atoms with Gasteiger partial charge < -0.3 is 15.7 Å². The molecule has 0 aliphatic carbocycles. The van der Waals surface area contributed by atoms with Crippen LogP contribution in [-0.4, -0.2) is 24.0 Å². The van der Waals surface area contributed by atoms with Gasteiger partial charge in [0.2, 0.25) is 0 Å². The number of aromatic carboxylic acids is 1. The third kappa shape index (κ3) is 3.20. The molecule has 108 valence electrons. The van der Waals surface area contributed by atoms with Crippen molar-refractivity contribution in [3.63, 3.8) is 0 Å². The molecule has 3 N–H and O–H groups in total. The van der Waals surface area contributed by atoms with Crippen molar-refractivity contribution in [2.75, 3.05) is 17.7 Å². The van der Waals surface area contributed by atoms with Crippen molar-refractivity contribution in [1.82, 2.24) is 0 Å². The zero-order valence-electron chi connectivity index (χ0n) is 11.8. The zero-order chi connectivity index (χ0) is 15.4. The Hall–Kier alpha value is -2.82. The van der Waals surface area contributed by atoms with Crippen LogP contribution >= 0.6 is 0 Å². The zero-order valence-corrected chi connectivity index (χ0v) is 11.8. The number of amides is 1. The Kier molecular flexibility index (Phi) is 4.23. The van der Waals surface area contributed by atoms with Crippen LogP contribution in [0.2, 0.25) is 0 Å². The van der Waals surface area contributed by atoms with Crippen LogP contribution in [-0.2, 0) is 0 Å². The lowest BCUT2D eigenvalue weighted by Gasteiger charge is -2.12. The summed E-state index contributed by atoms with van der Waals surface area (Å²) >= 11 is 0. The van der Waals surface area contributed by atoms with Gasteiger partial charge in [-0.2, -0.15) is 0 Å². The molecule has 0 saturated carbocycles. The Labute approximate surface area is 122 Å². The van der Waals surface area contributed by atoms with Gasteiger partial charge >= 0.3 is 5.97 Å². The molecule has 0 fully saturated rings. The predicted octanol–water partition coefficient (Wildman–Crippen LogP) is 2.99. The quantitative estimate of drug-likeness (QED) is 0.806. The van der Waals surface area contributed by atoms with Gasteiger partial charge in [-0.05, 0) is 36.8 Å². The normalized spacial score (nSPS) is 10.0. The van der Waals surface area contributed by atoms with Gasteiger partial charge in [0.25, 0.3) is 5.91 Å². The largest absolute Gasteiger partial charge is 0.478 e. The third-order valence-electron chi connectivity index (χ3n) is 3.17. The van der Waals surface area contributed by atoms with Crippen LogP contribution in [0.4, 0.5) is 11.4 Å². The van der Waals surface area contributed by atoms with Crippen LogP contribution in [0.15, 0.2) is 42.5 Å². The summed E-state index contributed by atoms with van der Waals surface area (Å²) in [5.74, 6) is -1.31. The molecule has 0 bridgehead atoms. The first-order valence-electron chi connectivity index (χ1n) is 6.45. The number of carbonyl (C=O) groups is 2. The highest BCUT2D eigenvalue weighted by atomic mass is 16.4. The molecule has 5 heteroatoms. The minimum atomic E-state index is -1.03. The Balaban J connectivity index is 2.31. The Morgan fingerprint density at radius 2 is 1.76 bits per heavy atom. The van der Waals surface area contributed by atoms with Gasteiger partial charge in [-0.1, -0.05) is 18.2 Å². The smallest absolute Gasteiger partial charge is 0.335 e. The van der Waals surface area contributed by atoms with E-state index in [1.165, 1.54) is 12.1 Å². The number of carbonyl (C=O) groups excluding carboxylic acids is 1. The summed E-state index contributed by atoms with van der Waals surface area (Å²) in [5.41, 5.74) is 2.64. The van der Waals surface area contributed by atoms with E-state index >= 15 is 0 Å². The maximum Gasteiger partial charge on any atom is 0.335 e. The molecular formula is C16H16N2O3. The number of benzene rings is 2. The average Bonchev–Trinajstić information content (AvgIpc) is 2.49. The summed E-state index contributed by atoms with van der Waals surface area (Å²) in [4.78, 5) is 23.3. The van der Waals surface area contributed by atoms with Crippen LogP contribution in [0, 0.1) is 6.92 Å². The van der Waals surface area contributed by atoms with Crippen molar-refractivity contribution in [3.8, 4) is 0 Å². The van der Waals surface area contributed by atoms with Gasteiger partial charge in [0.15, 0.2) is 0 Å². The molecule has 2 aromatic carbocycles. The highest BCUT2D eigenvalue weighted by molar-refractivity contribution is 6.08. The Bertz CT molecular complexity index is 696. The molecule has 2 rings (SSSR count). The van der Waals surface area contributed by atoms with Gasteiger partial charge in [-0.3, -0.25) is 4.79 Å². The lowest BCUT2D eigenvalue weighted by molar-refractivity contribution is 0.0696. The van der Waals surface area contributed by atoms with Crippen LogP contribution in [0.5, 0.6) is 0 Å². The summed E-state index contributed by atoms with van der Waals surface area (Å²) < 4.78 is 0. The van der Waals surface area contributed by atoms with E-state index < -0.39 is 5.97 Å². The second-order valence-electron chi connectivity index (χ2n) is 4.58. The highest BCUT2D eigenvalue weighted by Gasteiger charge is 2.13. The second-order valence-corrected chi connectivity index (χ2v) is 4.58. The summed E-state index contributed by atoms with van der Waals surface area (Å²) in [6.45, 7) is 1.81. The Morgan fingerprint density at radius 1 is 1.05 bits per heavy atom. The van der Waals surface area contributed by atoms with Crippen molar-refractivity contribution in [1.29, 1.82) is 0 Å². The van der Waals surface area contributed by atoms with E-state index in [4.69, 9.17) is 5.11 Å². The number of anilines is 2. The molecule has 0 heterocycles. The molecule has 0 aliphatic heterocycles. The molecule has 5 nitrogen and oxygen atoms in total. The highest BCUT2D eigenvalue weighted by Crippen LogP contribution is 2.20. The van der Waals surface area contributed by atoms with Crippen molar-refractivity contribution in [2.45, 2.75) is 6.92 Å². The monoisotopic (exact) mass is 284 g/mol. The van der Waals surface area contributed by atoms with Crippen LogP contribution in [0.3, 0.4) is 0 Å². The number of nitrogens with one attached hydrogen (secondary N) is 2. The van der Waals surface area contributed by atoms with E-state index in [1.807, 2.05) is 13.0 Å². The number of aryl methyl sites for hydroxylation is 1. The van der Waals surface area contributed by atoms with Crippen LogP contribution in [0.25, 0.3) is 0 Å². The van der Waals surface area contributed by atoms with E-state index in [9.17, 15) is 9.59 Å². The third-order valence-corrected chi connectivity index (χ3v) is 3.17. The van der Waals surface area contributed by atoms with Gasteiger partial charge in [-0.15, -0.1) is 0 Å². The lowest BCUT2D eigenvalue weighted by Crippen LogP contribution is -2.15. The fraction of sp³-hybridized carbons (Fsp3) is 0.125. The number of hydrogen-bond donors (Lipinski definition) is 3. The van der Waals surface area contributed by atoms with E-state index in [-0.39, 0.29) is 11.5 Å². The molecule has 0 aliphatic rings. The minimum absolute atomic E-state index is 0.137. The molecule has 0 saturated heterocycles. The molecule has 0 radical (unpaired) electrons. The number of carboxylic acids is 1. The summed E-state index contributed by atoms with van der Waals surface area (Å²) in [6, 6.07) is 11.7. The minimum Gasteiger partial charge on any atom is -0.478 e. The van der Waals surface area contributed by atoms with Gasteiger partial charge in [-0.25, -0.2) is 4.79 Å². The molecule has 2 aromatic rings. The number of rotatable bonds is 4. The van der Waals surface area contributed by atoms with E-state index in [0.29, 0.717) is 16.9 Å². The fourth-order valence-corrected chi connectivity index (χ4v) is 1.98. The first kappa shape index (κ1) is 14.6. The lowest BCUT2D eigenvalue weighted by atomic mass is 10.1. The van der Waals surface area contributed by atoms with E-state index in [2.05, 4.69) is 10.6 Å². The maximum atomic E-state index is 12.3. The van der Waals surface area contributed by atoms with Crippen molar-refractivity contribution in [3.05, 3.63) is 59.2 Å². The van der Waals surface area contributed by atoms with Crippen molar-refractivity contribution in [2.24, 2.45) is 0 Å². The maximum absolute atomic E-state index is 12.3. The molecule has 0 aromatic heterocycles. The standard InChI is InChI=1S/C16H16N2O3/c1-10-7-8-11(16(20)21)9-14(10)18-15(19)12-5-3-4-6-13(12)17-2/h3-9,17H,1-2H3,(H,18,19)(H,20,21). The van der Waals surface area contributed by atoms with Crippen molar-refractivity contribution < 1.29 is 14.7 Å². The Morgan fingerprint density at radius 3 is 2.43 bits per heavy atom. The summed E-state index contributed by atoms with van der Waals surface area (Å²) in [5, 5.41) is 14.7. The summed E-state index contributed by atoms with van der Waals surface area (Å²) in [6.07, 6.45) is 0. The molecule has 0 spiro atoms. The van der Waals surface area contributed by atoms with Crippen LogP contribution < -0.4 is 10.6 Å². The molecule has 0 unspecified atom stereocenters. The topological polar surface area (TPSA) is 78.4 Å². The number of hydrogen-bond acceptors (Lipinski definition) is 3. The molecule has 21 heavy (non-hydrogen) atoms. The molecule has 1 amide bonds. The van der Waals surface area contributed by atoms with Crippen molar-refractivity contribution >= 4 is 23.3 Å². The number of para-hydroxylation sites is 1. The van der Waals surface area contributed by atoms with Gasteiger partial charge in [0.1, 0.15) is 0 Å². The first-order valence-corrected chi connectivity index (χ1v) is 6.45. The van der Waals surface area contributed by atoms with Gasteiger partial charge in [0, 0.05) is 18.4 Å². The van der Waals surface area contributed by atoms with E-state index in [1.54, 1.807) is 31.3 Å². The van der Waals surface area contributed by atoms with Crippen LogP contribution in [0.1, 0.15) is 26.3 Å². The average molecular weight is 284 g/mol. The fourth-order valence-electron chi connectivity index (χ4n) is 1.98. The first-order chi connectivity index (χ1) is 10.0. The summed E-state index contributed by atoms with van der Waals surface area (Å²) in [7, 11) is 1.74. The predicted molar refractivity (Wildman–Crippen MR) is 82.1 cm³/mol. The molecular weight excluding hydrogens is 268 g/mol. The van der Waals surface area contributed by atoms with E-state index in [0.717, 1.165) is 5.56 Å².